The summed E-state index contributed by atoms with van der Waals surface area (Å²) in [6, 6.07) is 4.98. The van der Waals surface area contributed by atoms with Gasteiger partial charge in [-0.05, 0) is 30.7 Å². The van der Waals surface area contributed by atoms with Crippen LogP contribution in [0.5, 0.6) is 0 Å². The van der Waals surface area contributed by atoms with E-state index in [-0.39, 0.29) is 11.4 Å². The summed E-state index contributed by atoms with van der Waals surface area (Å²) >= 11 is 6.05. The topological polar surface area (TPSA) is 92.1 Å². The van der Waals surface area contributed by atoms with Crippen molar-refractivity contribution < 1.29 is 8.42 Å². The van der Waals surface area contributed by atoms with Crippen molar-refractivity contribution in [3.8, 4) is 0 Å². The minimum absolute atomic E-state index is 0.136. The summed E-state index contributed by atoms with van der Waals surface area (Å²) in [5.74, 6) is 0. The number of sulfonamides is 1. The Labute approximate surface area is 122 Å². The molecule has 1 aromatic heterocycles. The van der Waals surface area contributed by atoms with Gasteiger partial charge in [0.05, 0.1) is 11.9 Å². The van der Waals surface area contributed by atoms with Crippen LogP contribution in [0, 0.1) is 6.92 Å². The van der Waals surface area contributed by atoms with Crippen LogP contribution in [0.25, 0.3) is 0 Å². The first-order chi connectivity index (χ1) is 9.32. The van der Waals surface area contributed by atoms with Gasteiger partial charge in [-0.3, -0.25) is 5.10 Å². The summed E-state index contributed by atoms with van der Waals surface area (Å²) in [4.78, 5) is 0.153. The fourth-order valence-corrected chi connectivity index (χ4v) is 3.25. The first kappa shape index (κ1) is 14.8. The second-order valence-electron chi connectivity index (χ2n) is 4.47. The third kappa shape index (κ3) is 2.79. The second kappa shape index (κ2) is 5.43. The number of anilines is 1. The van der Waals surface area contributed by atoms with Gasteiger partial charge in [0.1, 0.15) is 4.90 Å². The number of nitrogens with two attached hydrogens (primary N) is 1. The average Bonchev–Trinajstić information content (AvgIpc) is 2.80. The first-order valence-corrected chi connectivity index (χ1v) is 7.64. The maximum absolute atomic E-state index is 12.4. The Morgan fingerprint density at radius 3 is 2.75 bits per heavy atom. The molecule has 8 heteroatoms. The minimum atomic E-state index is -3.61. The Bertz CT molecular complexity index is 727. The van der Waals surface area contributed by atoms with Gasteiger partial charge in [-0.15, -0.1) is 0 Å². The van der Waals surface area contributed by atoms with Gasteiger partial charge < -0.3 is 5.73 Å². The van der Waals surface area contributed by atoms with E-state index in [0.29, 0.717) is 22.0 Å². The summed E-state index contributed by atoms with van der Waals surface area (Å²) in [6.07, 6.45) is 1.29. The fraction of sp³-hybridized carbons (Fsp3) is 0.250. The lowest BCUT2D eigenvalue weighted by Gasteiger charge is -2.17. The molecule has 0 aliphatic heterocycles. The number of nitrogen functional groups attached to an aromatic ring is 1. The van der Waals surface area contributed by atoms with Crippen LogP contribution in [0.3, 0.4) is 0 Å². The summed E-state index contributed by atoms with van der Waals surface area (Å²) in [6.45, 7) is 1.79. The van der Waals surface area contributed by atoms with E-state index in [1.54, 1.807) is 25.1 Å². The van der Waals surface area contributed by atoms with E-state index in [0.717, 1.165) is 0 Å². The predicted octanol–water partition coefficient (Wildman–Crippen LogP) is 1.77. The molecule has 0 fully saturated rings. The molecule has 0 atom stereocenters. The molecule has 0 unspecified atom stereocenters. The van der Waals surface area contributed by atoms with E-state index in [1.165, 1.54) is 17.5 Å². The molecule has 0 saturated carbocycles. The van der Waals surface area contributed by atoms with Crippen LogP contribution in [-0.4, -0.2) is 30.0 Å². The number of nitrogens with one attached hydrogen (secondary N) is 1. The van der Waals surface area contributed by atoms with Crippen molar-refractivity contribution in [3.63, 3.8) is 0 Å². The maximum atomic E-state index is 12.4. The maximum Gasteiger partial charge on any atom is 0.246 e. The largest absolute Gasteiger partial charge is 0.399 e. The number of aryl methyl sites for hydroxylation is 1. The van der Waals surface area contributed by atoms with E-state index in [9.17, 15) is 8.42 Å². The molecule has 20 heavy (non-hydrogen) atoms. The Morgan fingerprint density at radius 1 is 1.45 bits per heavy atom. The number of nitrogens with zero attached hydrogens (tertiary/aromatic N) is 2. The first-order valence-electron chi connectivity index (χ1n) is 5.82. The summed E-state index contributed by atoms with van der Waals surface area (Å²) in [7, 11) is -2.13. The van der Waals surface area contributed by atoms with Gasteiger partial charge >= 0.3 is 0 Å². The molecule has 0 amide bonds. The number of halogens is 1. The third-order valence-electron chi connectivity index (χ3n) is 2.93. The van der Waals surface area contributed by atoms with Gasteiger partial charge in [-0.25, -0.2) is 8.42 Å². The quantitative estimate of drug-likeness (QED) is 0.841. The number of aromatic nitrogens is 2. The summed E-state index contributed by atoms with van der Waals surface area (Å²) in [5, 5.41) is 6.82. The predicted molar refractivity (Wildman–Crippen MR) is 77.8 cm³/mol. The number of rotatable bonds is 4. The molecule has 108 valence electrons. The number of H-pyrrole nitrogens is 1. The summed E-state index contributed by atoms with van der Waals surface area (Å²) < 4.78 is 26.0. The van der Waals surface area contributed by atoms with Crippen LogP contribution >= 0.6 is 11.6 Å². The van der Waals surface area contributed by atoms with Crippen molar-refractivity contribution >= 4 is 27.3 Å². The second-order valence-corrected chi connectivity index (χ2v) is 6.89. The van der Waals surface area contributed by atoms with Gasteiger partial charge in [-0.1, -0.05) is 11.6 Å². The molecule has 0 saturated heterocycles. The molecule has 1 heterocycles. The smallest absolute Gasteiger partial charge is 0.246 e. The van der Waals surface area contributed by atoms with Gasteiger partial charge in [0.15, 0.2) is 0 Å². The lowest BCUT2D eigenvalue weighted by molar-refractivity contribution is 0.466. The molecule has 0 bridgehead atoms. The number of benzene rings is 1. The van der Waals surface area contributed by atoms with Crippen LogP contribution in [0.2, 0.25) is 5.02 Å². The van der Waals surface area contributed by atoms with Crippen molar-refractivity contribution in [1.82, 2.24) is 14.5 Å². The highest BCUT2D eigenvalue weighted by molar-refractivity contribution is 7.89. The molecule has 2 rings (SSSR count). The molecular formula is C12H15ClN4O2S. The average molecular weight is 315 g/mol. The van der Waals surface area contributed by atoms with Crippen LogP contribution < -0.4 is 5.73 Å². The Balaban J connectivity index is 2.30. The minimum Gasteiger partial charge on any atom is -0.399 e. The van der Waals surface area contributed by atoms with E-state index in [1.807, 2.05) is 0 Å². The summed E-state index contributed by atoms with van der Waals surface area (Å²) in [5.41, 5.74) is 7.37. The van der Waals surface area contributed by atoms with Crippen molar-refractivity contribution in [2.75, 3.05) is 12.8 Å². The van der Waals surface area contributed by atoms with E-state index >= 15 is 0 Å². The highest BCUT2D eigenvalue weighted by Gasteiger charge is 2.24. The number of hydrogen-bond acceptors (Lipinski definition) is 4. The lowest BCUT2D eigenvalue weighted by Crippen LogP contribution is -2.27. The standard InChI is InChI=1S/C12H15ClN4O2S/c1-8-12(6-15-16-8)20(18,19)17(2)7-9-5-10(14)3-4-11(9)13/h3-6H,7,14H2,1-2H3,(H,15,16). The molecule has 0 spiro atoms. The van der Waals surface area contributed by atoms with Crippen LogP contribution in [-0.2, 0) is 16.6 Å². The highest BCUT2D eigenvalue weighted by atomic mass is 35.5. The molecule has 6 nitrogen and oxygen atoms in total. The molecule has 3 N–H and O–H groups in total. The van der Waals surface area contributed by atoms with Crippen molar-refractivity contribution in [1.29, 1.82) is 0 Å². The number of aromatic amines is 1. The molecule has 0 radical (unpaired) electrons. The SMILES string of the molecule is Cc1[nH]ncc1S(=O)(=O)N(C)Cc1cc(N)ccc1Cl. The third-order valence-corrected chi connectivity index (χ3v) is 5.22. The lowest BCUT2D eigenvalue weighted by atomic mass is 10.2. The van der Waals surface area contributed by atoms with Gasteiger partial charge in [-0.2, -0.15) is 9.40 Å². The van der Waals surface area contributed by atoms with Gasteiger partial charge in [0.2, 0.25) is 10.0 Å². The Kier molecular flexibility index (Phi) is 4.03. The molecule has 0 aliphatic rings. The Hall–Kier alpha value is -1.57. The zero-order valence-electron chi connectivity index (χ0n) is 11.1. The molecule has 1 aromatic carbocycles. The van der Waals surface area contributed by atoms with Crippen LogP contribution in [0.15, 0.2) is 29.3 Å². The fourth-order valence-electron chi connectivity index (χ4n) is 1.81. The van der Waals surface area contributed by atoms with Crippen molar-refractivity contribution in [3.05, 3.63) is 40.7 Å². The number of hydrogen-bond donors (Lipinski definition) is 2. The van der Waals surface area contributed by atoms with E-state index < -0.39 is 10.0 Å². The van der Waals surface area contributed by atoms with Crippen molar-refractivity contribution in [2.45, 2.75) is 18.4 Å². The highest BCUT2D eigenvalue weighted by Crippen LogP contribution is 2.23. The van der Waals surface area contributed by atoms with Crippen molar-refractivity contribution in [2.24, 2.45) is 0 Å². The van der Waals surface area contributed by atoms with Crippen LogP contribution in [0.4, 0.5) is 5.69 Å². The van der Waals surface area contributed by atoms with Crippen LogP contribution in [0.1, 0.15) is 11.3 Å². The van der Waals surface area contributed by atoms with Gasteiger partial charge in [0, 0.05) is 24.3 Å². The molecule has 0 aliphatic carbocycles. The van der Waals surface area contributed by atoms with E-state index in [4.69, 9.17) is 17.3 Å². The monoisotopic (exact) mass is 314 g/mol. The Morgan fingerprint density at radius 2 is 2.15 bits per heavy atom. The van der Waals surface area contributed by atoms with E-state index in [2.05, 4.69) is 10.2 Å². The molecular weight excluding hydrogens is 300 g/mol. The molecule has 2 aromatic rings. The zero-order valence-corrected chi connectivity index (χ0v) is 12.7. The van der Waals surface area contributed by atoms with Gasteiger partial charge in [0.25, 0.3) is 0 Å². The normalized spacial score (nSPS) is 12.0. The zero-order chi connectivity index (χ0) is 14.9.